The van der Waals surface area contributed by atoms with Crippen LogP contribution in [0.5, 0.6) is 0 Å². The van der Waals surface area contributed by atoms with Crippen LogP contribution in [0.4, 0.5) is 0 Å². The molecule has 0 bridgehead atoms. The Morgan fingerprint density at radius 1 is 1.22 bits per heavy atom. The Labute approximate surface area is 158 Å². The fraction of sp³-hybridized carbons (Fsp3) is 0.450. The van der Waals surface area contributed by atoms with E-state index < -0.39 is 6.04 Å². The SMILES string of the molecule is CCN(CC)CCNC(=O)[C@H](C)n1c2ccccc2c2cnn(C)c(=O)c21. The highest BCUT2D eigenvalue weighted by molar-refractivity contribution is 6.08. The largest absolute Gasteiger partial charge is 0.353 e. The molecule has 0 aliphatic heterocycles. The summed E-state index contributed by atoms with van der Waals surface area (Å²) in [5.41, 5.74) is 1.18. The van der Waals surface area contributed by atoms with E-state index in [1.807, 2.05) is 35.8 Å². The van der Waals surface area contributed by atoms with Crippen LogP contribution in [0, 0.1) is 0 Å². The minimum absolute atomic E-state index is 0.0938. The summed E-state index contributed by atoms with van der Waals surface area (Å²) in [6.45, 7) is 9.35. The molecule has 2 heterocycles. The number of aromatic nitrogens is 3. The zero-order valence-corrected chi connectivity index (χ0v) is 16.4. The van der Waals surface area contributed by atoms with E-state index in [0.717, 1.165) is 35.9 Å². The number of fused-ring (bicyclic) bond motifs is 3. The fourth-order valence-corrected chi connectivity index (χ4v) is 3.53. The number of nitrogens with one attached hydrogen (secondary N) is 1. The average Bonchev–Trinajstić information content (AvgIpc) is 3.02. The van der Waals surface area contributed by atoms with Crippen LogP contribution in [-0.2, 0) is 11.8 Å². The zero-order chi connectivity index (χ0) is 19.6. The minimum Gasteiger partial charge on any atom is -0.353 e. The number of para-hydroxylation sites is 1. The molecule has 1 N–H and O–H groups in total. The van der Waals surface area contributed by atoms with Crippen LogP contribution in [-0.4, -0.2) is 51.3 Å². The number of likely N-dealkylation sites (N-methyl/N-ethyl adjacent to an activating group) is 1. The first kappa shape index (κ1) is 19.1. The summed E-state index contributed by atoms with van der Waals surface area (Å²) < 4.78 is 3.14. The van der Waals surface area contributed by atoms with Crippen LogP contribution in [0.15, 0.2) is 35.3 Å². The third kappa shape index (κ3) is 3.47. The Hall–Kier alpha value is -2.67. The molecular formula is C20H27N5O2. The molecule has 2 aromatic heterocycles. The van der Waals surface area contributed by atoms with Gasteiger partial charge in [0, 0.05) is 30.9 Å². The van der Waals surface area contributed by atoms with E-state index in [1.54, 1.807) is 13.2 Å². The first-order chi connectivity index (χ1) is 13.0. The van der Waals surface area contributed by atoms with Gasteiger partial charge in [-0.2, -0.15) is 5.10 Å². The number of carbonyl (C=O) groups excluding carboxylic acids is 1. The number of hydrogen-bond donors (Lipinski definition) is 1. The van der Waals surface area contributed by atoms with Crippen molar-refractivity contribution in [3.63, 3.8) is 0 Å². The maximum Gasteiger partial charge on any atom is 0.291 e. The lowest BCUT2D eigenvalue weighted by atomic mass is 10.2. The van der Waals surface area contributed by atoms with Crippen LogP contribution >= 0.6 is 0 Å². The molecule has 1 aromatic carbocycles. The van der Waals surface area contributed by atoms with E-state index in [0.29, 0.717) is 12.1 Å². The molecule has 27 heavy (non-hydrogen) atoms. The Morgan fingerprint density at radius 2 is 1.93 bits per heavy atom. The van der Waals surface area contributed by atoms with Gasteiger partial charge in [0.2, 0.25) is 5.91 Å². The Balaban J connectivity index is 1.98. The van der Waals surface area contributed by atoms with Crippen molar-refractivity contribution >= 4 is 27.7 Å². The van der Waals surface area contributed by atoms with Crippen LogP contribution in [0.25, 0.3) is 21.8 Å². The zero-order valence-electron chi connectivity index (χ0n) is 16.4. The van der Waals surface area contributed by atoms with E-state index >= 15 is 0 Å². The van der Waals surface area contributed by atoms with Crippen molar-refractivity contribution in [2.75, 3.05) is 26.2 Å². The molecule has 7 nitrogen and oxygen atoms in total. The van der Waals surface area contributed by atoms with Crippen LogP contribution < -0.4 is 10.9 Å². The quantitative estimate of drug-likeness (QED) is 0.690. The summed E-state index contributed by atoms with van der Waals surface area (Å²) in [5.74, 6) is -0.0938. The van der Waals surface area contributed by atoms with Gasteiger partial charge < -0.3 is 14.8 Å². The first-order valence-corrected chi connectivity index (χ1v) is 9.44. The number of carbonyl (C=O) groups is 1. The van der Waals surface area contributed by atoms with Gasteiger partial charge in [0.15, 0.2) is 0 Å². The van der Waals surface area contributed by atoms with Crippen molar-refractivity contribution in [2.45, 2.75) is 26.8 Å². The molecule has 0 aliphatic carbocycles. The van der Waals surface area contributed by atoms with E-state index in [4.69, 9.17) is 0 Å². The third-order valence-electron chi connectivity index (χ3n) is 5.19. The molecule has 0 saturated carbocycles. The molecule has 0 radical (unpaired) electrons. The van der Waals surface area contributed by atoms with E-state index in [9.17, 15) is 9.59 Å². The normalized spacial score (nSPS) is 12.8. The Bertz CT molecular complexity index is 1020. The molecule has 0 spiro atoms. The van der Waals surface area contributed by atoms with Gasteiger partial charge in [0.05, 0.1) is 11.7 Å². The smallest absolute Gasteiger partial charge is 0.291 e. The fourth-order valence-electron chi connectivity index (χ4n) is 3.53. The highest BCUT2D eigenvalue weighted by atomic mass is 16.2. The highest BCUT2D eigenvalue weighted by Crippen LogP contribution is 2.29. The van der Waals surface area contributed by atoms with Gasteiger partial charge in [-0.1, -0.05) is 32.0 Å². The van der Waals surface area contributed by atoms with Crippen molar-refractivity contribution in [3.8, 4) is 0 Å². The number of rotatable bonds is 7. The molecular weight excluding hydrogens is 342 g/mol. The van der Waals surface area contributed by atoms with E-state index in [-0.39, 0.29) is 11.5 Å². The summed E-state index contributed by atoms with van der Waals surface area (Å²) in [5, 5.41) is 8.86. The summed E-state index contributed by atoms with van der Waals surface area (Å²) in [6, 6.07) is 7.24. The monoisotopic (exact) mass is 369 g/mol. The number of benzene rings is 1. The third-order valence-corrected chi connectivity index (χ3v) is 5.19. The first-order valence-electron chi connectivity index (χ1n) is 9.44. The summed E-state index contributed by atoms with van der Waals surface area (Å²) >= 11 is 0. The molecule has 144 valence electrons. The molecule has 1 amide bonds. The maximum atomic E-state index is 12.8. The van der Waals surface area contributed by atoms with Gasteiger partial charge in [-0.3, -0.25) is 9.59 Å². The van der Waals surface area contributed by atoms with Gasteiger partial charge >= 0.3 is 0 Å². The van der Waals surface area contributed by atoms with Gasteiger partial charge in [0.25, 0.3) is 5.56 Å². The number of hydrogen-bond acceptors (Lipinski definition) is 4. The molecule has 1 atom stereocenters. The molecule has 7 heteroatoms. The van der Waals surface area contributed by atoms with Crippen molar-refractivity contribution in [1.29, 1.82) is 0 Å². The molecule has 0 aliphatic rings. The van der Waals surface area contributed by atoms with Gasteiger partial charge in [-0.15, -0.1) is 0 Å². The number of amides is 1. The van der Waals surface area contributed by atoms with Crippen molar-refractivity contribution in [1.82, 2.24) is 24.6 Å². The molecule has 0 unspecified atom stereocenters. The molecule has 0 saturated heterocycles. The summed E-state index contributed by atoms with van der Waals surface area (Å²) in [6.07, 6.45) is 1.70. The van der Waals surface area contributed by atoms with Crippen LogP contribution in [0.3, 0.4) is 0 Å². The lowest BCUT2D eigenvalue weighted by molar-refractivity contribution is -0.123. The molecule has 0 fully saturated rings. The second-order valence-corrected chi connectivity index (χ2v) is 6.72. The van der Waals surface area contributed by atoms with Crippen molar-refractivity contribution < 1.29 is 4.79 Å². The van der Waals surface area contributed by atoms with Crippen molar-refractivity contribution in [3.05, 3.63) is 40.8 Å². The minimum atomic E-state index is -0.501. The standard InChI is InChI=1S/C20H27N5O2/c1-5-24(6-2)12-11-21-19(26)14(3)25-17-10-8-7-9-15(17)16-13-22-23(4)20(27)18(16)25/h7-10,13-14H,5-6,11-12H2,1-4H3,(H,21,26)/t14-/m0/s1. The lowest BCUT2D eigenvalue weighted by Crippen LogP contribution is -2.38. The highest BCUT2D eigenvalue weighted by Gasteiger charge is 2.23. The molecule has 3 aromatic rings. The van der Waals surface area contributed by atoms with E-state index in [1.165, 1.54) is 4.68 Å². The summed E-state index contributed by atoms with van der Waals surface area (Å²) in [7, 11) is 1.62. The predicted octanol–water partition coefficient (Wildman–Crippen LogP) is 1.91. The number of nitrogens with zero attached hydrogens (tertiary/aromatic N) is 4. The Kier molecular flexibility index (Phi) is 5.60. The van der Waals surface area contributed by atoms with Gasteiger partial charge in [0.1, 0.15) is 11.6 Å². The predicted molar refractivity (Wildman–Crippen MR) is 108 cm³/mol. The second-order valence-electron chi connectivity index (χ2n) is 6.72. The lowest BCUT2D eigenvalue weighted by Gasteiger charge is -2.20. The van der Waals surface area contributed by atoms with Crippen molar-refractivity contribution in [2.24, 2.45) is 7.05 Å². The summed E-state index contributed by atoms with van der Waals surface area (Å²) in [4.78, 5) is 27.8. The number of aryl methyl sites for hydroxylation is 1. The Morgan fingerprint density at radius 3 is 2.63 bits per heavy atom. The second kappa shape index (κ2) is 7.92. The van der Waals surface area contributed by atoms with E-state index in [2.05, 4.69) is 29.2 Å². The van der Waals surface area contributed by atoms with Gasteiger partial charge in [-0.05, 0) is 26.1 Å². The maximum absolute atomic E-state index is 12.8. The topological polar surface area (TPSA) is 72.2 Å². The molecule has 3 rings (SSSR count). The van der Waals surface area contributed by atoms with Gasteiger partial charge in [-0.25, -0.2) is 4.68 Å². The average molecular weight is 369 g/mol. The van der Waals surface area contributed by atoms with Crippen LogP contribution in [0.1, 0.15) is 26.8 Å². The van der Waals surface area contributed by atoms with Crippen LogP contribution in [0.2, 0.25) is 0 Å².